The average molecular weight is 454 g/mol. The fraction of sp³-hybridized carbons (Fsp3) is 0. The van der Waals surface area contributed by atoms with Gasteiger partial charge in [-0.15, -0.1) is 0 Å². The zero-order chi connectivity index (χ0) is 24.7. The van der Waals surface area contributed by atoms with E-state index >= 15 is 0 Å². The standard InChI is InChI=1S/C24H14N4O6/c25-13-17-12-20(28(32)33)7-10-22(17)34-21-8-1-15(2-9-21)11-18(14-26)23(29)27-19-5-3-16(4-6-19)24(30)31/h1-12H,(H,27,29)(H,30,31)/b18-11+. The zero-order valence-electron chi connectivity index (χ0n) is 17.3. The first kappa shape index (κ1) is 23.2. The Morgan fingerprint density at radius 2 is 1.71 bits per heavy atom. The van der Waals surface area contributed by atoms with E-state index in [1.807, 2.05) is 12.1 Å². The van der Waals surface area contributed by atoms with Crippen molar-refractivity contribution >= 4 is 29.3 Å². The molecule has 0 atom stereocenters. The summed E-state index contributed by atoms with van der Waals surface area (Å²) in [6.45, 7) is 0. The number of nitro groups is 1. The Labute approximate surface area is 192 Å². The molecule has 3 aromatic carbocycles. The average Bonchev–Trinajstić information content (AvgIpc) is 2.83. The highest BCUT2D eigenvalue weighted by atomic mass is 16.6. The third kappa shape index (κ3) is 5.60. The van der Waals surface area contributed by atoms with Crippen molar-refractivity contribution in [3.63, 3.8) is 0 Å². The number of anilines is 1. The Balaban J connectivity index is 1.73. The van der Waals surface area contributed by atoms with E-state index in [-0.39, 0.29) is 28.1 Å². The van der Waals surface area contributed by atoms with Crippen molar-refractivity contribution in [1.82, 2.24) is 0 Å². The Morgan fingerprint density at radius 3 is 2.26 bits per heavy atom. The van der Waals surface area contributed by atoms with Crippen molar-refractivity contribution in [2.45, 2.75) is 0 Å². The number of carbonyl (C=O) groups is 2. The maximum Gasteiger partial charge on any atom is 0.335 e. The first-order valence-electron chi connectivity index (χ1n) is 9.53. The number of rotatable bonds is 7. The van der Waals surface area contributed by atoms with Crippen molar-refractivity contribution in [3.05, 3.63) is 99.1 Å². The van der Waals surface area contributed by atoms with Crippen LogP contribution in [0.25, 0.3) is 6.08 Å². The number of carbonyl (C=O) groups excluding carboxylic acids is 1. The quantitative estimate of drug-likeness (QED) is 0.228. The number of carboxylic acid groups (broad SMARTS) is 1. The molecule has 10 heteroatoms. The van der Waals surface area contributed by atoms with E-state index < -0.39 is 16.8 Å². The molecule has 0 unspecified atom stereocenters. The van der Waals surface area contributed by atoms with Gasteiger partial charge in [0.05, 0.1) is 10.5 Å². The molecule has 3 aromatic rings. The Kier molecular flexibility index (Phi) is 6.97. The summed E-state index contributed by atoms with van der Waals surface area (Å²) in [5.74, 6) is -1.29. The lowest BCUT2D eigenvalue weighted by molar-refractivity contribution is -0.384. The highest BCUT2D eigenvalue weighted by molar-refractivity contribution is 6.09. The lowest BCUT2D eigenvalue weighted by atomic mass is 10.1. The van der Waals surface area contributed by atoms with Crippen LogP contribution in [-0.4, -0.2) is 21.9 Å². The van der Waals surface area contributed by atoms with Crippen molar-refractivity contribution in [1.29, 1.82) is 10.5 Å². The third-order valence-corrected chi connectivity index (χ3v) is 4.47. The number of carboxylic acids is 1. The predicted octanol–water partition coefficient (Wildman–Crippen LogP) is 4.50. The van der Waals surface area contributed by atoms with Gasteiger partial charge in [0.15, 0.2) is 0 Å². The van der Waals surface area contributed by atoms with E-state index in [0.717, 1.165) is 6.07 Å². The summed E-state index contributed by atoms with van der Waals surface area (Å²) >= 11 is 0. The summed E-state index contributed by atoms with van der Waals surface area (Å²) < 4.78 is 5.62. The van der Waals surface area contributed by atoms with Crippen LogP contribution >= 0.6 is 0 Å². The molecule has 2 N–H and O–H groups in total. The smallest absolute Gasteiger partial charge is 0.335 e. The number of hydrogen-bond donors (Lipinski definition) is 2. The van der Waals surface area contributed by atoms with Gasteiger partial charge in [0.25, 0.3) is 11.6 Å². The van der Waals surface area contributed by atoms with Gasteiger partial charge in [0, 0.05) is 17.8 Å². The Hall–Kier alpha value is -5.48. The van der Waals surface area contributed by atoms with Crippen LogP contribution in [-0.2, 0) is 4.79 Å². The molecule has 0 aliphatic carbocycles. The van der Waals surface area contributed by atoms with Crippen LogP contribution in [0.5, 0.6) is 11.5 Å². The SMILES string of the molecule is N#C/C(=C\c1ccc(Oc2ccc([N+](=O)[O-])cc2C#N)cc1)C(=O)Nc1ccc(C(=O)O)cc1. The van der Waals surface area contributed by atoms with Gasteiger partial charge in [-0.25, -0.2) is 4.79 Å². The summed E-state index contributed by atoms with van der Waals surface area (Å²) in [5.41, 5.74) is 0.494. The molecule has 166 valence electrons. The number of hydrogen-bond acceptors (Lipinski definition) is 7. The number of non-ortho nitro benzene ring substituents is 1. The van der Waals surface area contributed by atoms with Crippen LogP contribution in [0.4, 0.5) is 11.4 Å². The van der Waals surface area contributed by atoms with Gasteiger partial charge in [-0.05, 0) is 54.1 Å². The molecule has 0 aliphatic rings. The number of nitriles is 2. The monoisotopic (exact) mass is 454 g/mol. The first-order valence-corrected chi connectivity index (χ1v) is 9.53. The molecule has 0 saturated heterocycles. The van der Waals surface area contributed by atoms with Crippen molar-refractivity contribution in [2.24, 2.45) is 0 Å². The van der Waals surface area contributed by atoms with Gasteiger partial charge in [0.1, 0.15) is 34.8 Å². The normalized spacial score (nSPS) is 10.5. The van der Waals surface area contributed by atoms with E-state index in [0.29, 0.717) is 17.0 Å². The number of nitrogens with one attached hydrogen (secondary N) is 1. The van der Waals surface area contributed by atoms with Crippen LogP contribution in [0.3, 0.4) is 0 Å². The van der Waals surface area contributed by atoms with Crippen molar-refractivity contribution in [2.75, 3.05) is 5.32 Å². The minimum atomic E-state index is -1.10. The molecule has 10 nitrogen and oxygen atoms in total. The molecule has 0 saturated carbocycles. The maximum absolute atomic E-state index is 12.4. The van der Waals surface area contributed by atoms with Gasteiger partial charge >= 0.3 is 5.97 Å². The number of nitrogens with zero attached hydrogens (tertiary/aromatic N) is 3. The van der Waals surface area contributed by atoms with Crippen LogP contribution in [0.1, 0.15) is 21.5 Å². The molecular formula is C24H14N4O6. The summed E-state index contributed by atoms with van der Waals surface area (Å²) in [4.78, 5) is 33.5. The number of amides is 1. The Bertz CT molecular complexity index is 1380. The van der Waals surface area contributed by atoms with Crippen LogP contribution in [0, 0.1) is 32.8 Å². The summed E-state index contributed by atoms with van der Waals surface area (Å²) in [7, 11) is 0. The lowest BCUT2D eigenvalue weighted by Gasteiger charge is -2.08. The summed E-state index contributed by atoms with van der Waals surface area (Å²) in [6, 6.07) is 19.1. The van der Waals surface area contributed by atoms with Gasteiger partial charge in [-0.2, -0.15) is 10.5 Å². The molecule has 0 aromatic heterocycles. The minimum absolute atomic E-state index is 0.00185. The Morgan fingerprint density at radius 1 is 1.03 bits per heavy atom. The second-order valence-corrected chi connectivity index (χ2v) is 6.73. The number of benzene rings is 3. The predicted molar refractivity (Wildman–Crippen MR) is 120 cm³/mol. The molecule has 0 radical (unpaired) electrons. The van der Waals surface area contributed by atoms with E-state index in [4.69, 9.17) is 9.84 Å². The highest BCUT2D eigenvalue weighted by Gasteiger charge is 2.13. The first-order chi connectivity index (χ1) is 16.3. The molecule has 0 bridgehead atoms. The summed E-state index contributed by atoms with van der Waals surface area (Å²) in [6.07, 6.45) is 1.36. The van der Waals surface area contributed by atoms with Crippen molar-refractivity contribution < 1.29 is 24.4 Å². The van der Waals surface area contributed by atoms with E-state index in [9.17, 15) is 30.2 Å². The molecule has 1 amide bonds. The number of ether oxygens (including phenoxy) is 1. The second-order valence-electron chi connectivity index (χ2n) is 6.73. The lowest BCUT2D eigenvalue weighted by Crippen LogP contribution is -2.13. The number of nitro benzene ring substituents is 1. The molecule has 34 heavy (non-hydrogen) atoms. The zero-order valence-corrected chi connectivity index (χ0v) is 17.3. The molecule has 0 heterocycles. The molecule has 0 fully saturated rings. The second kappa shape index (κ2) is 10.2. The minimum Gasteiger partial charge on any atom is -0.478 e. The largest absolute Gasteiger partial charge is 0.478 e. The fourth-order valence-corrected chi connectivity index (χ4v) is 2.78. The summed E-state index contributed by atoms with van der Waals surface area (Å²) in [5, 5.41) is 40.9. The maximum atomic E-state index is 12.4. The highest BCUT2D eigenvalue weighted by Crippen LogP contribution is 2.28. The van der Waals surface area contributed by atoms with Crippen LogP contribution in [0.2, 0.25) is 0 Å². The molecule has 3 rings (SSSR count). The number of aromatic carboxylic acids is 1. The third-order valence-electron chi connectivity index (χ3n) is 4.47. The van der Waals surface area contributed by atoms with Gasteiger partial charge < -0.3 is 15.2 Å². The molecule has 0 aliphatic heterocycles. The topological polar surface area (TPSA) is 166 Å². The molecule has 0 spiro atoms. The fourth-order valence-electron chi connectivity index (χ4n) is 2.78. The van der Waals surface area contributed by atoms with E-state index in [1.54, 1.807) is 24.3 Å². The van der Waals surface area contributed by atoms with E-state index in [2.05, 4.69) is 5.32 Å². The molecular weight excluding hydrogens is 440 g/mol. The van der Waals surface area contributed by atoms with Crippen LogP contribution < -0.4 is 10.1 Å². The van der Waals surface area contributed by atoms with Gasteiger partial charge in [-0.3, -0.25) is 14.9 Å². The van der Waals surface area contributed by atoms with Crippen LogP contribution in [0.15, 0.2) is 72.3 Å². The van der Waals surface area contributed by atoms with Gasteiger partial charge in [0.2, 0.25) is 0 Å². The van der Waals surface area contributed by atoms with E-state index in [1.165, 1.54) is 42.5 Å². The van der Waals surface area contributed by atoms with Gasteiger partial charge in [-0.1, -0.05) is 12.1 Å². The van der Waals surface area contributed by atoms with Crippen molar-refractivity contribution in [3.8, 4) is 23.6 Å².